The number of guanidine groups is 1. The molecule has 0 radical (unpaired) electrons. The number of nitrogens with one attached hydrogen (secondary N) is 2. The summed E-state index contributed by atoms with van der Waals surface area (Å²) < 4.78 is 25.2. The van der Waals surface area contributed by atoms with Crippen molar-refractivity contribution in [1.29, 1.82) is 0 Å². The molecule has 2 fully saturated rings. The smallest absolute Gasteiger partial charge is 0.214 e. The van der Waals surface area contributed by atoms with E-state index in [0.29, 0.717) is 19.6 Å². The second-order valence-electron chi connectivity index (χ2n) is 6.85. The van der Waals surface area contributed by atoms with E-state index >= 15 is 0 Å². The average molecular weight is 374 g/mol. The van der Waals surface area contributed by atoms with Crippen LogP contribution in [0.4, 0.5) is 0 Å². The minimum atomic E-state index is -3.02. The van der Waals surface area contributed by atoms with Gasteiger partial charge in [0.2, 0.25) is 10.0 Å². The third-order valence-corrected chi connectivity index (χ3v) is 7.04. The predicted molar refractivity (Wildman–Crippen MR) is 103 cm³/mol. The Kier molecular flexibility index (Phi) is 8.45. The van der Waals surface area contributed by atoms with E-state index in [0.717, 1.165) is 38.1 Å². The van der Waals surface area contributed by atoms with Crippen LogP contribution in [-0.2, 0) is 10.0 Å². The molecule has 0 spiro atoms. The lowest BCUT2D eigenvalue weighted by atomic mass is 10.0. The molecule has 0 aromatic carbocycles. The molecule has 0 aliphatic carbocycles. The van der Waals surface area contributed by atoms with E-state index in [2.05, 4.69) is 27.4 Å². The van der Waals surface area contributed by atoms with E-state index in [1.807, 2.05) is 6.92 Å². The van der Waals surface area contributed by atoms with E-state index in [1.54, 1.807) is 4.31 Å². The van der Waals surface area contributed by atoms with Crippen molar-refractivity contribution < 1.29 is 8.42 Å². The van der Waals surface area contributed by atoms with Gasteiger partial charge in [0.1, 0.15) is 0 Å². The zero-order valence-electron chi connectivity index (χ0n) is 15.8. The van der Waals surface area contributed by atoms with Gasteiger partial charge >= 0.3 is 0 Å². The van der Waals surface area contributed by atoms with Crippen LogP contribution in [0.1, 0.15) is 46.0 Å². The van der Waals surface area contributed by atoms with E-state index in [9.17, 15) is 8.42 Å². The summed E-state index contributed by atoms with van der Waals surface area (Å²) in [4.78, 5) is 7.11. The molecule has 0 bridgehead atoms. The molecule has 0 saturated carbocycles. The highest BCUT2D eigenvalue weighted by molar-refractivity contribution is 7.89. The number of likely N-dealkylation sites (tertiary alicyclic amines) is 1. The quantitative estimate of drug-likeness (QED) is 0.487. The molecule has 2 N–H and O–H groups in total. The first-order chi connectivity index (χ1) is 12.1. The van der Waals surface area contributed by atoms with Crippen LogP contribution in [0, 0.1) is 0 Å². The van der Waals surface area contributed by atoms with Crippen LogP contribution in [0.5, 0.6) is 0 Å². The van der Waals surface area contributed by atoms with Gasteiger partial charge in [0, 0.05) is 38.8 Å². The van der Waals surface area contributed by atoms with Gasteiger partial charge in [-0.25, -0.2) is 12.7 Å². The number of piperidine rings is 1. The van der Waals surface area contributed by atoms with Gasteiger partial charge in [-0.2, -0.15) is 0 Å². The largest absolute Gasteiger partial charge is 0.357 e. The molecule has 7 nitrogen and oxygen atoms in total. The molecule has 8 heteroatoms. The summed E-state index contributed by atoms with van der Waals surface area (Å²) in [6, 6.07) is 0.718. The summed E-state index contributed by atoms with van der Waals surface area (Å²) in [7, 11) is -3.02. The van der Waals surface area contributed by atoms with Crippen LogP contribution in [0.3, 0.4) is 0 Å². The highest BCUT2D eigenvalue weighted by atomic mass is 32.2. The van der Waals surface area contributed by atoms with Crippen molar-refractivity contribution in [2.24, 2.45) is 4.99 Å². The van der Waals surface area contributed by atoms with E-state index in [1.165, 1.54) is 32.2 Å². The zero-order chi connectivity index (χ0) is 18.1. The summed E-state index contributed by atoms with van der Waals surface area (Å²) >= 11 is 0. The van der Waals surface area contributed by atoms with Crippen LogP contribution in [0.15, 0.2) is 4.99 Å². The molecule has 2 saturated heterocycles. The summed E-state index contributed by atoms with van der Waals surface area (Å²) in [6.45, 7) is 9.81. The molecule has 25 heavy (non-hydrogen) atoms. The first-order valence-electron chi connectivity index (χ1n) is 9.81. The third-order valence-electron chi connectivity index (χ3n) is 5.08. The monoisotopic (exact) mass is 373 g/mol. The summed E-state index contributed by atoms with van der Waals surface area (Å²) in [5, 5.41) is 6.63. The van der Waals surface area contributed by atoms with Gasteiger partial charge in [-0.1, -0.05) is 13.3 Å². The van der Waals surface area contributed by atoms with Crippen molar-refractivity contribution in [3.05, 3.63) is 0 Å². The highest BCUT2D eigenvalue weighted by Crippen LogP contribution is 2.18. The number of rotatable bonds is 8. The fourth-order valence-corrected chi connectivity index (χ4v) is 5.21. The Balaban J connectivity index is 1.75. The molecular formula is C17H35N5O2S. The first-order valence-corrected chi connectivity index (χ1v) is 11.4. The van der Waals surface area contributed by atoms with Gasteiger partial charge in [-0.05, 0) is 39.2 Å². The van der Waals surface area contributed by atoms with Crippen molar-refractivity contribution in [3.8, 4) is 0 Å². The van der Waals surface area contributed by atoms with Crippen molar-refractivity contribution in [1.82, 2.24) is 19.8 Å². The number of nitrogens with zero attached hydrogens (tertiary/aromatic N) is 3. The standard InChI is InChI=1S/C17H35N5O2S/c1-3-16-8-5-6-11-21(16)13-9-19-17(18-4-2)20-10-14-22-12-7-15-25(22,23)24/h16H,3-15H2,1-2H3,(H2,18,19,20). The Bertz CT molecular complexity index is 523. The van der Waals surface area contributed by atoms with Gasteiger partial charge in [-0.15, -0.1) is 0 Å². The molecule has 0 aromatic heterocycles. The lowest BCUT2D eigenvalue weighted by Gasteiger charge is -2.35. The number of aliphatic imine (C=N–C) groups is 1. The molecule has 0 aromatic rings. The summed E-state index contributed by atoms with van der Waals surface area (Å²) in [6.07, 6.45) is 5.92. The number of sulfonamides is 1. The maximum absolute atomic E-state index is 11.8. The second kappa shape index (κ2) is 10.3. The van der Waals surface area contributed by atoms with Crippen molar-refractivity contribution in [2.75, 3.05) is 51.6 Å². The maximum Gasteiger partial charge on any atom is 0.214 e. The van der Waals surface area contributed by atoms with Crippen LogP contribution >= 0.6 is 0 Å². The highest BCUT2D eigenvalue weighted by Gasteiger charge is 2.27. The second-order valence-corrected chi connectivity index (χ2v) is 8.94. The third kappa shape index (κ3) is 6.42. The molecule has 0 amide bonds. The van der Waals surface area contributed by atoms with Crippen LogP contribution in [0.2, 0.25) is 0 Å². The molecule has 1 atom stereocenters. The minimum absolute atomic E-state index is 0.281. The first kappa shape index (κ1) is 20.5. The van der Waals surface area contributed by atoms with Gasteiger partial charge in [-0.3, -0.25) is 9.89 Å². The minimum Gasteiger partial charge on any atom is -0.357 e. The normalized spacial score (nSPS) is 25.2. The number of hydrogen-bond donors (Lipinski definition) is 2. The van der Waals surface area contributed by atoms with Gasteiger partial charge in [0.05, 0.1) is 12.3 Å². The van der Waals surface area contributed by atoms with Gasteiger partial charge < -0.3 is 10.6 Å². The molecule has 2 heterocycles. The van der Waals surface area contributed by atoms with Crippen LogP contribution in [0.25, 0.3) is 0 Å². The fourth-order valence-electron chi connectivity index (χ4n) is 3.69. The molecule has 2 rings (SSSR count). The molecule has 1 unspecified atom stereocenters. The Hall–Kier alpha value is -0.860. The van der Waals surface area contributed by atoms with E-state index < -0.39 is 10.0 Å². The fraction of sp³-hybridized carbons (Fsp3) is 0.941. The van der Waals surface area contributed by atoms with Crippen LogP contribution in [-0.4, -0.2) is 81.2 Å². The van der Waals surface area contributed by atoms with Crippen molar-refractivity contribution >= 4 is 16.0 Å². The maximum atomic E-state index is 11.8. The lowest BCUT2D eigenvalue weighted by Crippen LogP contribution is -2.46. The van der Waals surface area contributed by atoms with Crippen molar-refractivity contribution in [3.63, 3.8) is 0 Å². The lowest BCUT2D eigenvalue weighted by molar-refractivity contribution is 0.147. The van der Waals surface area contributed by atoms with Crippen LogP contribution < -0.4 is 10.6 Å². The Morgan fingerprint density at radius 3 is 2.64 bits per heavy atom. The van der Waals surface area contributed by atoms with E-state index in [-0.39, 0.29) is 5.75 Å². The molecule has 2 aliphatic rings. The zero-order valence-corrected chi connectivity index (χ0v) is 16.7. The Morgan fingerprint density at radius 2 is 1.96 bits per heavy atom. The Morgan fingerprint density at radius 1 is 1.12 bits per heavy atom. The molecule has 146 valence electrons. The average Bonchev–Trinajstić information content (AvgIpc) is 2.94. The topological polar surface area (TPSA) is 77.0 Å². The summed E-state index contributed by atoms with van der Waals surface area (Å²) in [5.74, 6) is 1.06. The SMILES string of the molecule is CCNC(=NCCN1CCCS1(=O)=O)NCCN1CCCCC1CC. The van der Waals surface area contributed by atoms with Gasteiger partial charge in [0.25, 0.3) is 0 Å². The number of hydrogen-bond acceptors (Lipinski definition) is 4. The van der Waals surface area contributed by atoms with Gasteiger partial charge in [0.15, 0.2) is 5.96 Å². The van der Waals surface area contributed by atoms with Crippen molar-refractivity contribution in [2.45, 2.75) is 52.0 Å². The molecule has 2 aliphatic heterocycles. The Labute approximate surface area is 153 Å². The molecular weight excluding hydrogens is 338 g/mol. The summed E-state index contributed by atoms with van der Waals surface area (Å²) in [5.41, 5.74) is 0. The van der Waals surface area contributed by atoms with E-state index in [4.69, 9.17) is 0 Å². The predicted octanol–water partition coefficient (Wildman–Crippen LogP) is 0.842.